The minimum absolute atomic E-state index is 0.0404. The first-order valence-electron chi connectivity index (χ1n) is 10.9. The van der Waals surface area contributed by atoms with Gasteiger partial charge in [0.15, 0.2) is 0 Å². The predicted molar refractivity (Wildman–Crippen MR) is 127 cm³/mol. The summed E-state index contributed by atoms with van der Waals surface area (Å²) in [4.78, 5) is 17.9. The highest BCUT2D eigenvalue weighted by Crippen LogP contribution is 2.29. The quantitative estimate of drug-likeness (QED) is 0.354. The van der Waals surface area contributed by atoms with Crippen molar-refractivity contribution in [2.75, 3.05) is 19.3 Å². The molecule has 13 heteroatoms. The average molecular weight is 523 g/mol. The normalized spacial score (nSPS) is 16.4. The smallest absolute Gasteiger partial charge is 0.329 e. The fourth-order valence-corrected chi connectivity index (χ4v) is 5.25. The van der Waals surface area contributed by atoms with Gasteiger partial charge >= 0.3 is 12.1 Å². The molecular weight excluding hydrogens is 502 g/mol. The van der Waals surface area contributed by atoms with Crippen LogP contribution in [0.15, 0.2) is 45.7 Å². The summed E-state index contributed by atoms with van der Waals surface area (Å²) < 4.78 is 47.5. The molecule has 0 radical (unpaired) electrons. The summed E-state index contributed by atoms with van der Waals surface area (Å²) in [5.74, 6) is -0.805. The Balaban J connectivity index is 1.45. The van der Waals surface area contributed by atoms with Gasteiger partial charge in [0.25, 0.3) is 5.89 Å². The summed E-state index contributed by atoms with van der Waals surface area (Å²) in [6, 6.07) is 8.60. The molecule has 0 spiro atoms. The van der Waals surface area contributed by atoms with Gasteiger partial charge in [0.05, 0.1) is 28.8 Å². The van der Waals surface area contributed by atoms with Gasteiger partial charge in [-0.1, -0.05) is 11.6 Å². The molecule has 1 saturated heterocycles. The zero-order chi connectivity index (χ0) is 24.7. The van der Waals surface area contributed by atoms with E-state index in [-0.39, 0.29) is 24.2 Å². The zero-order valence-electron chi connectivity index (χ0n) is 18.6. The van der Waals surface area contributed by atoms with Gasteiger partial charge in [-0.25, -0.2) is 4.79 Å². The second-order valence-corrected chi connectivity index (χ2v) is 10.0. The number of pyridine rings is 1. The maximum Gasteiger partial charge on any atom is 0.329 e. The Hall–Kier alpha value is -2.80. The summed E-state index contributed by atoms with van der Waals surface area (Å²) in [6.45, 7) is 1.48. The van der Waals surface area contributed by atoms with Crippen molar-refractivity contribution in [3.05, 3.63) is 63.6 Å². The van der Waals surface area contributed by atoms with E-state index >= 15 is 0 Å². The van der Waals surface area contributed by atoms with Gasteiger partial charge < -0.3 is 8.97 Å². The van der Waals surface area contributed by atoms with E-state index in [4.69, 9.17) is 16.0 Å². The molecule has 0 bridgehead atoms. The maximum atomic E-state index is 13.6. The van der Waals surface area contributed by atoms with E-state index in [1.165, 1.54) is 6.20 Å². The van der Waals surface area contributed by atoms with Crippen molar-refractivity contribution < 1.29 is 17.8 Å². The number of hydrogen-bond acceptors (Lipinski definition) is 7. The minimum atomic E-state index is -2.85. The van der Waals surface area contributed by atoms with Crippen LogP contribution in [0, 0.1) is 0 Å². The Morgan fingerprint density at radius 3 is 2.60 bits per heavy atom. The molecule has 0 N–H and O–H groups in total. The van der Waals surface area contributed by atoms with Crippen LogP contribution in [0.4, 0.5) is 8.78 Å². The van der Waals surface area contributed by atoms with Crippen LogP contribution >= 0.6 is 11.6 Å². The minimum Gasteiger partial charge on any atom is -0.598 e. The first kappa shape index (κ1) is 23.9. The highest BCUT2D eigenvalue weighted by Gasteiger charge is 2.29. The van der Waals surface area contributed by atoms with Gasteiger partial charge in [-0.2, -0.15) is 8.78 Å². The van der Waals surface area contributed by atoms with Gasteiger partial charge in [0.2, 0.25) is 5.89 Å². The molecule has 1 atom stereocenters. The van der Waals surface area contributed by atoms with E-state index in [1.807, 2.05) is 10.4 Å². The standard InChI is InChI=1S/C22H21ClF2N6O3S/c1-35(33)29-8-6-16(7-9-29)31-18-10-14(23)3-5-17(18)30(22(31)32)12-15-4-2-13(11-26-15)20-27-28-21(34-20)19(24)25/h2-5,10-11,16,19H,6-9,12H2,1H3. The van der Waals surface area contributed by atoms with Crippen LogP contribution in [0.25, 0.3) is 22.5 Å². The summed E-state index contributed by atoms with van der Waals surface area (Å²) in [7, 11) is 0. The first-order valence-corrected chi connectivity index (χ1v) is 12.8. The van der Waals surface area contributed by atoms with E-state index in [9.17, 15) is 18.1 Å². The SMILES string of the molecule is C[S+]([O-])N1CCC(n2c(=O)n(Cc3ccc(-c4nnc(C(F)F)o4)cn3)c3ccc(Cl)cc32)CC1. The first-order chi connectivity index (χ1) is 16.8. The molecule has 4 heterocycles. The largest absolute Gasteiger partial charge is 0.598 e. The van der Waals surface area contributed by atoms with Crippen molar-refractivity contribution in [3.8, 4) is 11.5 Å². The molecule has 1 aliphatic rings. The van der Waals surface area contributed by atoms with Crippen LogP contribution in [-0.4, -0.2) is 52.5 Å². The van der Waals surface area contributed by atoms with Crippen LogP contribution < -0.4 is 5.69 Å². The number of alkyl halides is 2. The highest BCUT2D eigenvalue weighted by molar-refractivity contribution is 7.88. The fraction of sp³-hybridized carbons (Fsp3) is 0.364. The molecule has 1 aliphatic heterocycles. The monoisotopic (exact) mass is 522 g/mol. The molecule has 1 fully saturated rings. The Morgan fingerprint density at radius 1 is 1.20 bits per heavy atom. The lowest BCUT2D eigenvalue weighted by molar-refractivity contribution is 0.116. The third-order valence-electron chi connectivity index (χ3n) is 6.10. The van der Waals surface area contributed by atoms with Gasteiger partial charge in [0.1, 0.15) is 6.26 Å². The second kappa shape index (κ2) is 9.69. The summed E-state index contributed by atoms with van der Waals surface area (Å²) in [5, 5.41) is 7.48. The molecule has 1 unspecified atom stereocenters. The van der Waals surface area contributed by atoms with Crippen molar-refractivity contribution in [2.24, 2.45) is 0 Å². The number of rotatable bonds is 6. The summed E-state index contributed by atoms with van der Waals surface area (Å²) in [5.41, 5.74) is 2.28. The van der Waals surface area contributed by atoms with Crippen molar-refractivity contribution in [1.29, 1.82) is 0 Å². The lowest BCUT2D eigenvalue weighted by Crippen LogP contribution is -2.40. The number of fused-ring (bicyclic) bond motifs is 1. The number of hydrogen-bond donors (Lipinski definition) is 0. The summed E-state index contributed by atoms with van der Waals surface area (Å²) in [6.07, 6.45) is 1.65. The molecular formula is C22H21ClF2N6O3S. The Morgan fingerprint density at radius 2 is 1.97 bits per heavy atom. The highest BCUT2D eigenvalue weighted by atomic mass is 35.5. The Labute approximate surface area is 206 Å². The number of halogens is 3. The summed E-state index contributed by atoms with van der Waals surface area (Å²) >= 11 is 5.22. The molecule has 35 heavy (non-hydrogen) atoms. The van der Waals surface area contributed by atoms with Gasteiger partial charge in [-0.05, 0) is 43.2 Å². The fourth-order valence-electron chi connectivity index (χ4n) is 4.36. The lowest BCUT2D eigenvalue weighted by Gasteiger charge is -2.31. The van der Waals surface area contributed by atoms with Gasteiger partial charge in [-0.3, -0.25) is 14.1 Å². The molecule has 0 saturated carbocycles. The molecule has 5 rings (SSSR count). The van der Waals surface area contributed by atoms with Crippen molar-refractivity contribution >= 4 is 34.0 Å². The Kier molecular flexibility index (Phi) is 6.62. The number of aromatic nitrogens is 5. The van der Waals surface area contributed by atoms with E-state index in [2.05, 4.69) is 15.2 Å². The average Bonchev–Trinajstić information content (AvgIpc) is 3.43. The molecule has 184 valence electrons. The molecule has 0 amide bonds. The topological polar surface area (TPSA) is 105 Å². The van der Waals surface area contributed by atoms with Crippen LogP contribution in [-0.2, 0) is 17.9 Å². The van der Waals surface area contributed by atoms with Crippen LogP contribution in [0.5, 0.6) is 0 Å². The van der Waals surface area contributed by atoms with Gasteiger partial charge in [0, 0.05) is 41.7 Å². The van der Waals surface area contributed by atoms with E-state index in [0.717, 1.165) is 11.0 Å². The zero-order valence-corrected chi connectivity index (χ0v) is 20.2. The van der Waals surface area contributed by atoms with Crippen LogP contribution in [0.1, 0.15) is 36.9 Å². The van der Waals surface area contributed by atoms with E-state index in [0.29, 0.717) is 42.2 Å². The van der Waals surface area contributed by atoms with Crippen molar-refractivity contribution in [3.63, 3.8) is 0 Å². The third kappa shape index (κ3) is 4.70. The third-order valence-corrected chi connectivity index (χ3v) is 7.42. The number of imidazole rings is 1. The molecule has 3 aromatic heterocycles. The predicted octanol–water partition coefficient (Wildman–Crippen LogP) is 3.82. The molecule has 0 aliphatic carbocycles. The molecule has 9 nitrogen and oxygen atoms in total. The maximum absolute atomic E-state index is 13.6. The second-order valence-electron chi connectivity index (χ2n) is 8.24. The number of benzene rings is 1. The van der Waals surface area contributed by atoms with E-state index in [1.54, 1.807) is 39.7 Å². The number of piperidine rings is 1. The van der Waals surface area contributed by atoms with Crippen molar-refractivity contribution in [1.82, 2.24) is 28.6 Å². The Bertz CT molecular complexity index is 1400. The van der Waals surface area contributed by atoms with Crippen LogP contribution in [0.2, 0.25) is 5.02 Å². The van der Waals surface area contributed by atoms with Crippen LogP contribution in [0.3, 0.4) is 0 Å². The van der Waals surface area contributed by atoms with Crippen molar-refractivity contribution in [2.45, 2.75) is 31.9 Å². The molecule has 1 aromatic carbocycles. The number of nitrogens with zero attached hydrogens (tertiary/aromatic N) is 6. The lowest BCUT2D eigenvalue weighted by atomic mass is 10.1. The van der Waals surface area contributed by atoms with E-state index < -0.39 is 23.7 Å². The van der Waals surface area contributed by atoms with Gasteiger partial charge in [-0.15, -0.1) is 14.5 Å². The molecule has 4 aromatic rings.